The van der Waals surface area contributed by atoms with Crippen LogP contribution in [0, 0.1) is 5.92 Å². The number of hydrogen-bond donors (Lipinski definition) is 0. The smallest absolute Gasteiger partial charge is 0.312 e. The number of carbonyl (C=O) groups is 2. The zero-order valence-corrected chi connectivity index (χ0v) is 7.69. The Kier molecular flexibility index (Phi) is 3.73. The third-order valence-electron chi connectivity index (χ3n) is 2.44. The number of hydrogen-bond acceptors (Lipinski definition) is 4. The van der Waals surface area contributed by atoms with Crippen LogP contribution in [0.1, 0.15) is 25.7 Å². The van der Waals surface area contributed by atoms with Crippen molar-refractivity contribution in [2.45, 2.75) is 31.8 Å². The summed E-state index contributed by atoms with van der Waals surface area (Å²) in [4.78, 5) is 21.4. The van der Waals surface area contributed by atoms with Crippen LogP contribution in [-0.4, -0.2) is 25.7 Å². The first-order valence-electron chi connectivity index (χ1n) is 4.46. The minimum atomic E-state index is -0.279. The molecule has 74 valence electrons. The van der Waals surface area contributed by atoms with Crippen molar-refractivity contribution >= 4 is 12.4 Å². The van der Waals surface area contributed by atoms with Gasteiger partial charge in [-0.1, -0.05) is 6.42 Å². The lowest BCUT2D eigenvalue weighted by Crippen LogP contribution is -2.34. The second-order valence-electron chi connectivity index (χ2n) is 3.18. The average molecular weight is 186 g/mol. The molecule has 0 aliphatic heterocycles. The Morgan fingerprint density at radius 3 is 2.69 bits per heavy atom. The highest BCUT2D eigenvalue weighted by Gasteiger charge is 2.32. The lowest BCUT2D eigenvalue weighted by Gasteiger charge is -2.27. The molecule has 0 bridgehead atoms. The van der Waals surface area contributed by atoms with Gasteiger partial charge in [0, 0.05) is 0 Å². The van der Waals surface area contributed by atoms with Crippen molar-refractivity contribution in [3.05, 3.63) is 0 Å². The zero-order valence-electron chi connectivity index (χ0n) is 7.69. The predicted molar refractivity (Wildman–Crippen MR) is 44.9 cm³/mol. The summed E-state index contributed by atoms with van der Waals surface area (Å²) in [6.45, 7) is 0.409. The topological polar surface area (TPSA) is 52.6 Å². The van der Waals surface area contributed by atoms with Crippen molar-refractivity contribution < 1.29 is 19.1 Å². The van der Waals surface area contributed by atoms with E-state index in [0.29, 0.717) is 6.47 Å². The van der Waals surface area contributed by atoms with Crippen molar-refractivity contribution in [1.29, 1.82) is 0 Å². The molecule has 4 heteroatoms. The van der Waals surface area contributed by atoms with E-state index < -0.39 is 0 Å². The molecule has 1 fully saturated rings. The third-order valence-corrected chi connectivity index (χ3v) is 2.44. The molecule has 0 saturated heterocycles. The molecule has 4 nitrogen and oxygen atoms in total. The van der Waals surface area contributed by atoms with Crippen LogP contribution in [0.3, 0.4) is 0 Å². The van der Waals surface area contributed by atoms with Crippen LogP contribution in [0.2, 0.25) is 0 Å². The van der Waals surface area contributed by atoms with E-state index >= 15 is 0 Å². The monoisotopic (exact) mass is 186 g/mol. The first kappa shape index (κ1) is 10.0. The Labute approximate surface area is 77.2 Å². The number of rotatable bonds is 3. The molecule has 0 aromatic carbocycles. The van der Waals surface area contributed by atoms with Gasteiger partial charge < -0.3 is 9.47 Å². The molecular weight excluding hydrogens is 172 g/mol. The van der Waals surface area contributed by atoms with Gasteiger partial charge in [-0.15, -0.1) is 0 Å². The summed E-state index contributed by atoms with van der Waals surface area (Å²) in [5.74, 6) is -0.532. The molecule has 0 N–H and O–H groups in total. The Hall–Kier alpha value is -1.06. The van der Waals surface area contributed by atoms with E-state index in [2.05, 4.69) is 4.74 Å². The van der Waals surface area contributed by atoms with Crippen molar-refractivity contribution in [3.63, 3.8) is 0 Å². The molecule has 0 amide bonds. The summed E-state index contributed by atoms with van der Waals surface area (Å²) < 4.78 is 9.47. The van der Waals surface area contributed by atoms with Crippen LogP contribution in [0.5, 0.6) is 0 Å². The van der Waals surface area contributed by atoms with Crippen LogP contribution in [-0.2, 0) is 19.1 Å². The summed E-state index contributed by atoms with van der Waals surface area (Å²) in [6.07, 6.45) is 3.24. The molecule has 0 radical (unpaired) electrons. The molecule has 0 aromatic rings. The molecule has 1 saturated carbocycles. The number of carbonyl (C=O) groups excluding carboxylic acids is 2. The third kappa shape index (κ3) is 2.44. The highest BCUT2D eigenvalue weighted by Crippen LogP contribution is 2.27. The van der Waals surface area contributed by atoms with Crippen molar-refractivity contribution in [2.24, 2.45) is 5.92 Å². The fourth-order valence-electron chi connectivity index (χ4n) is 1.75. The molecule has 13 heavy (non-hydrogen) atoms. The maximum absolute atomic E-state index is 11.2. The standard InChI is InChI=1S/C9H14O4/c1-12-9(11)7-4-2-3-5-8(7)13-6-10/h6-8H,2-5H2,1H3/t7-,8+/m0/s1. The van der Waals surface area contributed by atoms with Crippen molar-refractivity contribution in [3.8, 4) is 0 Å². The van der Waals surface area contributed by atoms with E-state index in [-0.39, 0.29) is 18.0 Å². The largest absolute Gasteiger partial charge is 0.469 e. The first-order valence-corrected chi connectivity index (χ1v) is 4.46. The van der Waals surface area contributed by atoms with Crippen LogP contribution in [0.15, 0.2) is 0 Å². The lowest BCUT2D eigenvalue weighted by atomic mass is 9.86. The van der Waals surface area contributed by atoms with E-state index in [4.69, 9.17) is 4.74 Å². The molecule has 1 aliphatic rings. The Balaban J connectivity index is 2.55. The van der Waals surface area contributed by atoms with Gasteiger partial charge in [0.15, 0.2) is 0 Å². The van der Waals surface area contributed by atoms with Gasteiger partial charge >= 0.3 is 5.97 Å². The molecule has 2 atom stereocenters. The Bertz CT molecular complexity index is 190. The molecule has 0 spiro atoms. The molecule has 1 aliphatic carbocycles. The van der Waals surface area contributed by atoms with Crippen LogP contribution >= 0.6 is 0 Å². The summed E-state index contributed by atoms with van der Waals surface area (Å²) in [5.41, 5.74) is 0. The lowest BCUT2D eigenvalue weighted by molar-refractivity contribution is -0.156. The van der Waals surface area contributed by atoms with Crippen molar-refractivity contribution in [2.75, 3.05) is 7.11 Å². The van der Waals surface area contributed by atoms with Crippen LogP contribution in [0.4, 0.5) is 0 Å². The minimum absolute atomic E-state index is 0.260. The van der Waals surface area contributed by atoms with Gasteiger partial charge in [-0.05, 0) is 19.3 Å². The summed E-state index contributed by atoms with van der Waals surface area (Å²) in [5, 5.41) is 0. The SMILES string of the molecule is COC(=O)[C@H]1CCCC[C@H]1OC=O. The Morgan fingerprint density at radius 1 is 1.38 bits per heavy atom. The Morgan fingerprint density at radius 2 is 2.08 bits per heavy atom. The highest BCUT2D eigenvalue weighted by molar-refractivity contribution is 5.73. The first-order chi connectivity index (χ1) is 6.29. The fourth-order valence-corrected chi connectivity index (χ4v) is 1.75. The fraction of sp³-hybridized carbons (Fsp3) is 0.778. The average Bonchev–Trinajstić information content (AvgIpc) is 2.18. The minimum Gasteiger partial charge on any atom is -0.469 e. The van der Waals surface area contributed by atoms with E-state index in [1.807, 2.05) is 0 Å². The molecule has 0 unspecified atom stereocenters. The number of ether oxygens (including phenoxy) is 2. The van der Waals surface area contributed by atoms with E-state index in [9.17, 15) is 9.59 Å². The van der Waals surface area contributed by atoms with Crippen molar-refractivity contribution in [1.82, 2.24) is 0 Å². The van der Waals surface area contributed by atoms with Gasteiger partial charge in [0.05, 0.1) is 13.0 Å². The molecule has 0 heterocycles. The molecule has 0 aromatic heterocycles. The van der Waals surface area contributed by atoms with Crippen LogP contribution < -0.4 is 0 Å². The maximum Gasteiger partial charge on any atom is 0.312 e. The summed E-state index contributed by atoms with van der Waals surface area (Å²) in [6, 6.07) is 0. The molecular formula is C9H14O4. The second-order valence-corrected chi connectivity index (χ2v) is 3.18. The van der Waals surface area contributed by atoms with E-state index in [1.54, 1.807) is 0 Å². The quantitative estimate of drug-likeness (QED) is 0.485. The van der Waals surface area contributed by atoms with E-state index in [0.717, 1.165) is 25.7 Å². The zero-order chi connectivity index (χ0) is 9.68. The van der Waals surface area contributed by atoms with Gasteiger partial charge in [0.25, 0.3) is 6.47 Å². The number of methoxy groups -OCH3 is 1. The predicted octanol–water partition coefficient (Wildman–Crippen LogP) is 0.891. The van der Waals surface area contributed by atoms with Gasteiger partial charge in [-0.3, -0.25) is 9.59 Å². The van der Waals surface area contributed by atoms with Gasteiger partial charge in [-0.2, -0.15) is 0 Å². The van der Waals surface area contributed by atoms with Gasteiger partial charge in [-0.25, -0.2) is 0 Å². The van der Waals surface area contributed by atoms with E-state index in [1.165, 1.54) is 7.11 Å². The normalized spacial score (nSPS) is 27.8. The van der Waals surface area contributed by atoms with Crippen LogP contribution in [0.25, 0.3) is 0 Å². The second kappa shape index (κ2) is 4.84. The van der Waals surface area contributed by atoms with Gasteiger partial charge in [0.1, 0.15) is 6.10 Å². The highest BCUT2D eigenvalue weighted by atomic mass is 16.5. The van der Waals surface area contributed by atoms with Gasteiger partial charge in [0.2, 0.25) is 0 Å². The maximum atomic E-state index is 11.2. The summed E-state index contributed by atoms with van der Waals surface area (Å²) >= 11 is 0. The molecule has 1 rings (SSSR count). The number of esters is 1. The summed E-state index contributed by atoms with van der Waals surface area (Å²) in [7, 11) is 1.36.